The fourth-order valence-corrected chi connectivity index (χ4v) is 4.14. The van der Waals surface area contributed by atoms with Crippen molar-refractivity contribution in [3.05, 3.63) is 36.0 Å². The Morgan fingerprint density at radius 1 is 1.25 bits per heavy atom. The largest absolute Gasteiger partial charge is 0.350 e. The zero-order valence-electron chi connectivity index (χ0n) is 12.7. The number of aryl methyl sites for hydroxylation is 1. The molecule has 1 fully saturated rings. The Balaban J connectivity index is 2.03. The molecule has 0 spiro atoms. The molecule has 2 nitrogen and oxygen atoms in total. The molecule has 0 amide bonds. The molecule has 1 aliphatic carbocycles. The van der Waals surface area contributed by atoms with Gasteiger partial charge < -0.3 is 10.3 Å². The smallest absolute Gasteiger partial charge is 0.0480 e. The lowest BCUT2D eigenvalue weighted by Gasteiger charge is -2.35. The molecule has 1 heterocycles. The van der Waals surface area contributed by atoms with Gasteiger partial charge in [0.25, 0.3) is 0 Å². The van der Waals surface area contributed by atoms with Crippen LogP contribution >= 0.6 is 0 Å². The highest BCUT2D eigenvalue weighted by Gasteiger charge is 2.30. The number of fused-ring (bicyclic) bond motifs is 1. The normalized spacial score (nSPS) is 24.9. The number of rotatable bonds is 3. The Morgan fingerprint density at radius 2 is 2.00 bits per heavy atom. The van der Waals surface area contributed by atoms with E-state index in [1.807, 2.05) is 0 Å². The molecule has 2 N–H and O–H groups in total. The molecular weight excluding hydrogens is 244 g/mol. The summed E-state index contributed by atoms with van der Waals surface area (Å²) in [4.78, 5) is 0. The van der Waals surface area contributed by atoms with Crippen molar-refractivity contribution in [2.75, 3.05) is 6.54 Å². The summed E-state index contributed by atoms with van der Waals surface area (Å²) in [6.07, 6.45) is 7.78. The molecule has 3 atom stereocenters. The number of benzene rings is 1. The molecule has 3 rings (SSSR count). The molecule has 2 heteroatoms. The Hall–Kier alpha value is -1.28. The van der Waals surface area contributed by atoms with Gasteiger partial charge in [-0.25, -0.2) is 0 Å². The quantitative estimate of drug-likeness (QED) is 0.896. The number of hydrogen-bond donors (Lipinski definition) is 1. The van der Waals surface area contributed by atoms with Crippen LogP contribution in [0.4, 0.5) is 0 Å². The summed E-state index contributed by atoms with van der Waals surface area (Å²) in [5.74, 6) is 2.06. The molecular formula is C18H26N2. The van der Waals surface area contributed by atoms with E-state index in [1.165, 1.54) is 42.1 Å². The minimum atomic E-state index is 0.511. The second kappa shape index (κ2) is 5.61. The molecule has 2 aromatic rings. The lowest BCUT2D eigenvalue weighted by atomic mass is 9.71. The van der Waals surface area contributed by atoms with Crippen LogP contribution in [0.5, 0.6) is 0 Å². The van der Waals surface area contributed by atoms with E-state index in [-0.39, 0.29) is 0 Å². The van der Waals surface area contributed by atoms with Gasteiger partial charge in [0.05, 0.1) is 0 Å². The van der Waals surface area contributed by atoms with E-state index in [0.29, 0.717) is 5.92 Å². The molecule has 108 valence electrons. The third-order valence-corrected chi connectivity index (χ3v) is 5.28. The summed E-state index contributed by atoms with van der Waals surface area (Å²) in [5.41, 5.74) is 8.97. The third-order valence-electron chi connectivity index (χ3n) is 5.28. The van der Waals surface area contributed by atoms with Gasteiger partial charge in [-0.1, -0.05) is 44.4 Å². The Bertz CT molecular complexity index is 584. The van der Waals surface area contributed by atoms with E-state index in [0.717, 1.165) is 18.4 Å². The standard InChI is InChI=1S/C18H26N2/c1-13-7-3-4-8-14(13)16(11-19)17-12-20(2)18-10-6-5-9-15(17)18/h5-6,9-10,12-14,16H,3-4,7-8,11,19H2,1-2H3. The van der Waals surface area contributed by atoms with E-state index in [2.05, 4.69) is 49.0 Å². The lowest BCUT2D eigenvalue weighted by molar-refractivity contribution is 0.219. The maximum absolute atomic E-state index is 6.19. The first kappa shape index (κ1) is 13.7. The van der Waals surface area contributed by atoms with Crippen molar-refractivity contribution >= 4 is 10.9 Å². The molecule has 3 unspecified atom stereocenters. The zero-order valence-corrected chi connectivity index (χ0v) is 12.7. The van der Waals surface area contributed by atoms with Crippen molar-refractivity contribution in [2.45, 2.75) is 38.5 Å². The van der Waals surface area contributed by atoms with Crippen LogP contribution < -0.4 is 5.73 Å². The summed E-state index contributed by atoms with van der Waals surface area (Å²) in [5, 5.41) is 1.39. The molecule has 1 saturated carbocycles. The highest BCUT2D eigenvalue weighted by molar-refractivity contribution is 5.84. The Morgan fingerprint density at radius 3 is 2.75 bits per heavy atom. The minimum Gasteiger partial charge on any atom is -0.350 e. The summed E-state index contributed by atoms with van der Waals surface area (Å²) in [6.45, 7) is 3.18. The van der Waals surface area contributed by atoms with E-state index in [4.69, 9.17) is 5.73 Å². The van der Waals surface area contributed by atoms with E-state index < -0.39 is 0 Å². The van der Waals surface area contributed by atoms with Crippen LogP contribution in [-0.2, 0) is 7.05 Å². The van der Waals surface area contributed by atoms with Crippen molar-refractivity contribution in [1.82, 2.24) is 4.57 Å². The first-order valence-corrected chi connectivity index (χ1v) is 7.96. The lowest BCUT2D eigenvalue weighted by Crippen LogP contribution is -2.28. The van der Waals surface area contributed by atoms with Gasteiger partial charge in [-0.2, -0.15) is 0 Å². The van der Waals surface area contributed by atoms with Crippen LogP contribution in [-0.4, -0.2) is 11.1 Å². The minimum absolute atomic E-state index is 0.511. The van der Waals surface area contributed by atoms with Gasteiger partial charge in [-0.3, -0.25) is 0 Å². The third kappa shape index (κ3) is 2.26. The highest BCUT2D eigenvalue weighted by Crippen LogP contribution is 2.41. The molecule has 0 aliphatic heterocycles. The van der Waals surface area contributed by atoms with Gasteiger partial charge in [-0.15, -0.1) is 0 Å². The van der Waals surface area contributed by atoms with Gasteiger partial charge in [-0.05, 0) is 36.4 Å². The fraction of sp³-hybridized carbons (Fsp3) is 0.556. The van der Waals surface area contributed by atoms with Crippen molar-refractivity contribution in [3.63, 3.8) is 0 Å². The SMILES string of the molecule is CC1CCCCC1C(CN)c1cn(C)c2ccccc12. The van der Waals surface area contributed by atoms with Gasteiger partial charge in [0.1, 0.15) is 0 Å². The number of aromatic nitrogens is 1. The first-order valence-electron chi connectivity index (χ1n) is 7.96. The van der Waals surface area contributed by atoms with E-state index in [1.54, 1.807) is 0 Å². The molecule has 1 aliphatic rings. The number of para-hydroxylation sites is 1. The molecule has 1 aromatic carbocycles. The van der Waals surface area contributed by atoms with Crippen LogP contribution in [0.3, 0.4) is 0 Å². The molecule has 0 saturated heterocycles. The van der Waals surface area contributed by atoms with E-state index in [9.17, 15) is 0 Å². The maximum atomic E-state index is 6.19. The summed E-state index contributed by atoms with van der Waals surface area (Å²) >= 11 is 0. The van der Waals surface area contributed by atoms with Gasteiger partial charge in [0.15, 0.2) is 0 Å². The summed E-state index contributed by atoms with van der Waals surface area (Å²) in [6, 6.07) is 8.72. The van der Waals surface area contributed by atoms with Crippen LogP contribution in [0.2, 0.25) is 0 Å². The van der Waals surface area contributed by atoms with Gasteiger partial charge in [0.2, 0.25) is 0 Å². The van der Waals surface area contributed by atoms with E-state index >= 15 is 0 Å². The van der Waals surface area contributed by atoms with Crippen LogP contribution in [0.25, 0.3) is 10.9 Å². The maximum Gasteiger partial charge on any atom is 0.0480 e. The number of nitrogens with two attached hydrogens (primary N) is 1. The first-order chi connectivity index (χ1) is 9.72. The van der Waals surface area contributed by atoms with Crippen LogP contribution in [0.1, 0.15) is 44.1 Å². The van der Waals surface area contributed by atoms with Crippen molar-refractivity contribution < 1.29 is 0 Å². The van der Waals surface area contributed by atoms with Crippen molar-refractivity contribution in [3.8, 4) is 0 Å². The topological polar surface area (TPSA) is 30.9 Å². The second-order valence-corrected chi connectivity index (χ2v) is 6.48. The number of nitrogens with zero attached hydrogens (tertiary/aromatic N) is 1. The molecule has 0 radical (unpaired) electrons. The fourth-order valence-electron chi connectivity index (χ4n) is 4.14. The summed E-state index contributed by atoms with van der Waals surface area (Å²) in [7, 11) is 2.14. The van der Waals surface area contributed by atoms with Crippen molar-refractivity contribution in [2.24, 2.45) is 24.6 Å². The van der Waals surface area contributed by atoms with Crippen LogP contribution in [0.15, 0.2) is 30.5 Å². The molecule has 20 heavy (non-hydrogen) atoms. The predicted octanol–water partition coefficient (Wildman–Crippen LogP) is 4.05. The molecule has 1 aromatic heterocycles. The molecule has 0 bridgehead atoms. The highest BCUT2D eigenvalue weighted by atomic mass is 14.9. The Kier molecular flexibility index (Phi) is 3.84. The average Bonchev–Trinajstić information content (AvgIpc) is 2.80. The average molecular weight is 270 g/mol. The van der Waals surface area contributed by atoms with Gasteiger partial charge >= 0.3 is 0 Å². The zero-order chi connectivity index (χ0) is 14.1. The second-order valence-electron chi connectivity index (χ2n) is 6.48. The monoisotopic (exact) mass is 270 g/mol. The Labute approximate surface area is 122 Å². The van der Waals surface area contributed by atoms with Crippen molar-refractivity contribution in [1.29, 1.82) is 0 Å². The van der Waals surface area contributed by atoms with Crippen LogP contribution in [0, 0.1) is 11.8 Å². The number of hydrogen-bond acceptors (Lipinski definition) is 1. The van der Waals surface area contributed by atoms with Gasteiger partial charge in [0, 0.05) is 30.1 Å². The predicted molar refractivity (Wildman–Crippen MR) is 85.8 cm³/mol. The summed E-state index contributed by atoms with van der Waals surface area (Å²) < 4.78 is 2.25.